The number of hydrogen-bond donors (Lipinski definition) is 2. The zero-order chi connectivity index (χ0) is 17.6. The molecule has 0 amide bonds. The average molecular weight is 354 g/mol. The summed E-state index contributed by atoms with van der Waals surface area (Å²) in [4.78, 5) is 4.08. The van der Waals surface area contributed by atoms with Crippen molar-refractivity contribution >= 4 is 17.4 Å². The normalized spacial score (nSPS) is 10.3. The number of nitrogen functional groups attached to an aromatic ring is 1. The fourth-order valence-corrected chi connectivity index (χ4v) is 2.41. The van der Waals surface area contributed by atoms with Crippen molar-refractivity contribution in [2.24, 2.45) is 5.73 Å². The number of aromatic nitrogens is 1. The molecule has 0 aliphatic heterocycles. The molecule has 126 valence electrons. The van der Waals surface area contributed by atoms with E-state index in [1.165, 1.54) is 6.20 Å². The molecule has 0 bridgehead atoms. The molecule has 1 heterocycles. The van der Waals surface area contributed by atoms with E-state index in [0.29, 0.717) is 17.9 Å². The second kappa shape index (κ2) is 7.68. The van der Waals surface area contributed by atoms with Gasteiger partial charge < -0.3 is 15.2 Å². The number of nitrogens with one attached hydrogen (secondary N) is 1. The number of benzene rings is 2. The number of rotatable bonds is 6. The van der Waals surface area contributed by atoms with E-state index in [0.717, 1.165) is 11.3 Å². The molecule has 2 aromatic carbocycles. The van der Waals surface area contributed by atoms with E-state index in [2.05, 4.69) is 4.98 Å². The molecule has 25 heavy (non-hydrogen) atoms. The molecule has 0 aliphatic rings. The van der Waals surface area contributed by atoms with Gasteiger partial charge in [-0.15, -0.1) is 0 Å². The number of pyridine rings is 1. The van der Waals surface area contributed by atoms with Crippen molar-refractivity contribution in [3.8, 4) is 17.4 Å². The van der Waals surface area contributed by atoms with Crippen LogP contribution in [0.3, 0.4) is 0 Å². The Labute approximate surface area is 150 Å². The van der Waals surface area contributed by atoms with Gasteiger partial charge in [0.05, 0.1) is 0 Å². The Kier molecular flexibility index (Phi) is 5.16. The Hall–Kier alpha value is -3.05. The van der Waals surface area contributed by atoms with E-state index in [4.69, 9.17) is 32.2 Å². The molecule has 3 rings (SSSR count). The van der Waals surface area contributed by atoms with Crippen molar-refractivity contribution in [2.45, 2.75) is 6.61 Å². The SMILES string of the molecule is N=C(N)c1ccnc(Oc2ccc(OCc3ccccc3)cc2)c1Cl. The summed E-state index contributed by atoms with van der Waals surface area (Å²) in [6.07, 6.45) is 1.50. The smallest absolute Gasteiger partial charge is 0.238 e. The molecule has 0 aliphatic carbocycles. The Morgan fingerprint density at radius 1 is 1.00 bits per heavy atom. The molecule has 6 heteroatoms. The quantitative estimate of drug-likeness (QED) is 0.508. The van der Waals surface area contributed by atoms with Crippen LogP contribution < -0.4 is 15.2 Å². The summed E-state index contributed by atoms with van der Waals surface area (Å²) >= 11 is 6.17. The van der Waals surface area contributed by atoms with E-state index in [1.54, 1.807) is 30.3 Å². The Balaban J connectivity index is 1.67. The highest BCUT2D eigenvalue weighted by Crippen LogP contribution is 2.30. The molecule has 5 nitrogen and oxygen atoms in total. The summed E-state index contributed by atoms with van der Waals surface area (Å²) in [5.41, 5.74) is 6.96. The van der Waals surface area contributed by atoms with Crippen molar-refractivity contribution in [2.75, 3.05) is 0 Å². The molecule has 1 aromatic heterocycles. The largest absolute Gasteiger partial charge is 0.489 e. The lowest BCUT2D eigenvalue weighted by Gasteiger charge is -2.10. The van der Waals surface area contributed by atoms with Gasteiger partial charge in [0.25, 0.3) is 0 Å². The molecule has 0 radical (unpaired) electrons. The predicted octanol–water partition coefficient (Wildman–Crippen LogP) is 4.39. The van der Waals surface area contributed by atoms with Crippen molar-refractivity contribution in [1.29, 1.82) is 5.41 Å². The highest BCUT2D eigenvalue weighted by atomic mass is 35.5. The molecule has 3 aromatic rings. The molecule has 0 saturated carbocycles. The second-order valence-corrected chi connectivity index (χ2v) is 5.62. The highest BCUT2D eigenvalue weighted by molar-refractivity contribution is 6.35. The van der Waals surface area contributed by atoms with Crippen LogP contribution in [0.1, 0.15) is 11.1 Å². The summed E-state index contributed by atoms with van der Waals surface area (Å²) in [5.74, 6) is 1.35. The highest BCUT2D eigenvalue weighted by Gasteiger charge is 2.11. The first-order chi connectivity index (χ1) is 12.1. The van der Waals surface area contributed by atoms with Gasteiger partial charge in [0.2, 0.25) is 5.88 Å². The van der Waals surface area contributed by atoms with Gasteiger partial charge in [-0.2, -0.15) is 0 Å². The minimum atomic E-state index is -0.137. The summed E-state index contributed by atoms with van der Waals surface area (Å²) in [7, 11) is 0. The van der Waals surface area contributed by atoms with Crippen molar-refractivity contribution in [3.05, 3.63) is 83.0 Å². The van der Waals surface area contributed by atoms with Crippen LogP contribution in [0.25, 0.3) is 0 Å². The topological polar surface area (TPSA) is 81.2 Å². The van der Waals surface area contributed by atoms with Crippen molar-refractivity contribution in [1.82, 2.24) is 4.98 Å². The number of halogens is 1. The zero-order valence-corrected chi connectivity index (χ0v) is 14.0. The molecular weight excluding hydrogens is 338 g/mol. The Morgan fingerprint density at radius 3 is 2.36 bits per heavy atom. The van der Waals surface area contributed by atoms with Gasteiger partial charge in [-0.1, -0.05) is 41.9 Å². The van der Waals surface area contributed by atoms with E-state index in [-0.39, 0.29) is 16.7 Å². The lowest BCUT2D eigenvalue weighted by atomic mass is 10.2. The number of ether oxygens (including phenoxy) is 2. The van der Waals surface area contributed by atoms with Gasteiger partial charge in [-0.3, -0.25) is 5.41 Å². The van der Waals surface area contributed by atoms with Gasteiger partial charge in [0.1, 0.15) is 29.0 Å². The minimum Gasteiger partial charge on any atom is -0.489 e. The second-order valence-electron chi connectivity index (χ2n) is 5.24. The lowest BCUT2D eigenvalue weighted by Crippen LogP contribution is -2.12. The van der Waals surface area contributed by atoms with Crippen LogP contribution in [0.4, 0.5) is 0 Å². The van der Waals surface area contributed by atoms with Crippen molar-refractivity contribution < 1.29 is 9.47 Å². The molecular formula is C19H16ClN3O2. The van der Waals surface area contributed by atoms with Gasteiger partial charge in [0, 0.05) is 11.8 Å². The van der Waals surface area contributed by atoms with Crippen LogP contribution in [0.15, 0.2) is 66.9 Å². The fraction of sp³-hybridized carbons (Fsp3) is 0.0526. The van der Waals surface area contributed by atoms with E-state index < -0.39 is 0 Å². The third-order valence-electron chi connectivity index (χ3n) is 3.43. The van der Waals surface area contributed by atoms with Crippen LogP contribution in [0.5, 0.6) is 17.4 Å². The minimum absolute atomic E-state index is 0.137. The molecule has 0 saturated heterocycles. The first-order valence-electron chi connectivity index (χ1n) is 7.57. The number of hydrogen-bond acceptors (Lipinski definition) is 4. The third-order valence-corrected chi connectivity index (χ3v) is 3.80. The number of amidine groups is 1. The summed E-state index contributed by atoms with van der Waals surface area (Å²) in [6, 6.07) is 18.6. The molecule has 0 fully saturated rings. The maximum atomic E-state index is 7.49. The molecule has 0 spiro atoms. The fourth-order valence-electron chi connectivity index (χ4n) is 2.16. The van der Waals surface area contributed by atoms with E-state index >= 15 is 0 Å². The van der Waals surface area contributed by atoms with Crippen LogP contribution in [0, 0.1) is 5.41 Å². The van der Waals surface area contributed by atoms with Gasteiger partial charge in [-0.25, -0.2) is 4.98 Å². The summed E-state index contributed by atoms with van der Waals surface area (Å²) in [6.45, 7) is 0.495. The van der Waals surface area contributed by atoms with Crippen LogP contribution in [-0.4, -0.2) is 10.8 Å². The molecule has 0 atom stereocenters. The maximum absolute atomic E-state index is 7.49. The lowest BCUT2D eigenvalue weighted by molar-refractivity contribution is 0.305. The standard InChI is InChI=1S/C19H16ClN3O2/c20-17-16(18(21)22)10-11-23-19(17)25-15-8-6-14(7-9-15)24-12-13-4-2-1-3-5-13/h1-11H,12H2,(H3,21,22). The zero-order valence-electron chi connectivity index (χ0n) is 13.3. The van der Waals surface area contributed by atoms with Gasteiger partial charge in [0.15, 0.2) is 0 Å². The number of nitrogens with zero attached hydrogens (tertiary/aromatic N) is 1. The number of nitrogens with two attached hydrogens (primary N) is 1. The van der Waals surface area contributed by atoms with Crippen molar-refractivity contribution in [3.63, 3.8) is 0 Å². The van der Waals surface area contributed by atoms with Gasteiger partial charge >= 0.3 is 0 Å². The Bertz CT molecular complexity index is 868. The van der Waals surface area contributed by atoms with Gasteiger partial charge in [-0.05, 0) is 35.9 Å². The maximum Gasteiger partial charge on any atom is 0.238 e. The van der Waals surface area contributed by atoms with E-state index in [9.17, 15) is 0 Å². The first kappa shape index (κ1) is 16.8. The van der Waals surface area contributed by atoms with Crippen LogP contribution in [0.2, 0.25) is 5.02 Å². The summed E-state index contributed by atoms with van der Waals surface area (Å²) in [5, 5.41) is 7.70. The van der Waals surface area contributed by atoms with Crippen LogP contribution in [-0.2, 0) is 6.61 Å². The van der Waals surface area contributed by atoms with E-state index in [1.807, 2.05) is 30.3 Å². The molecule has 3 N–H and O–H groups in total. The molecule has 0 unspecified atom stereocenters. The Morgan fingerprint density at radius 2 is 1.68 bits per heavy atom. The first-order valence-corrected chi connectivity index (χ1v) is 7.95. The monoisotopic (exact) mass is 353 g/mol. The average Bonchev–Trinajstić information content (AvgIpc) is 2.63. The predicted molar refractivity (Wildman–Crippen MR) is 97.6 cm³/mol. The van der Waals surface area contributed by atoms with Crippen LogP contribution >= 0.6 is 11.6 Å². The third kappa shape index (κ3) is 4.28. The summed E-state index contributed by atoms with van der Waals surface area (Å²) < 4.78 is 11.4.